The fourth-order valence-corrected chi connectivity index (χ4v) is 3.25. The van der Waals surface area contributed by atoms with Gasteiger partial charge in [0.05, 0.1) is 17.5 Å². The van der Waals surface area contributed by atoms with Crippen molar-refractivity contribution in [2.24, 2.45) is 0 Å². The summed E-state index contributed by atoms with van der Waals surface area (Å²) in [5, 5.41) is 3.29. The number of para-hydroxylation sites is 1. The number of benzene rings is 2. The van der Waals surface area contributed by atoms with E-state index in [9.17, 15) is 14.4 Å². The minimum atomic E-state index is -0.649. The number of carbonyl (C=O) groups is 2. The summed E-state index contributed by atoms with van der Waals surface area (Å²) in [4.78, 5) is 36.8. The lowest BCUT2D eigenvalue weighted by Gasteiger charge is -2.11. The predicted octanol–water partition coefficient (Wildman–Crippen LogP) is 4.76. The third-order valence-electron chi connectivity index (χ3n) is 4.29. The summed E-state index contributed by atoms with van der Waals surface area (Å²) in [6.07, 6.45) is 1.38. The highest BCUT2D eigenvalue weighted by Gasteiger charge is 2.17. The first-order chi connectivity index (χ1) is 14.5. The van der Waals surface area contributed by atoms with Crippen LogP contribution in [-0.4, -0.2) is 11.9 Å². The number of amides is 1. The standard InChI is InChI=1S/C22H14BrNO6/c23-14-7-8-15-13(10-20(25)30-19(15)11-14)12-29-22(27)16-4-1-2-5-17(16)24-21(26)18-6-3-9-28-18/h1-11H,12H2,(H,24,26). The third-order valence-corrected chi connectivity index (χ3v) is 4.78. The summed E-state index contributed by atoms with van der Waals surface area (Å²) in [6.45, 7) is -0.136. The van der Waals surface area contributed by atoms with Gasteiger partial charge in [0, 0.05) is 21.5 Å². The van der Waals surface area contributed by atoms with Crippen LogP contribution in [0, 0.1) is 0 Å². The summed E-state index contributed by atoms with van der Waals surface area (Å²) in [6, 6.07) is 16.1. The van der Waals surface area contributed by atoms with Gasteiger partial charge in [0.1, 0.15) is 12.2 Å². The van der Waals surface area contributed by atoms with Gasteiger partial charge in [-0.15, -0.1) is 0 Å². The van der Waals surface area contributed by atoms with Crippen LogP contribution >= 0.6 is 15.9 Å². The van der Waals surface area contributed by atoms with Gasteiger partial charge in [-0.2, -0.15) is 0 Å². The molecule has 1 N–H and O–H groups in total. The molecule has 7 nitrogen and oxygen atoms in total. The molecule has 4 rings (SSSR count). The molecule has 0 spiro atoms. The summed E-state index contributed by atoms with van der Waals surface area (Å²) < 4.78 is 16.4. The molecule has 4 aromatic rings. The van der Waals surface area contributed by atoms with E-state index in [2.05, 4.69) is 21.2 Å². The zero-order valence-electron chi connectivity index (χ0n) is 15.4. The molecule has 8 heteroatoms. The second kappa shape index (κ2) is 8.38. The van der Waals surface area contributed by atoms with Gasteiger partial charge in [-0.05, 0) is 42.5 Å². The first kappa shape index (κ1) is 19.7. The highest BCUT2D eigenvalue weighted by atomic mass is 79.9. The zero-order valence-corrected chi connectivity index (χ0v) is 17.0. The zero-order chi connectivity index (χ0) is 21.1. The number of fused-ring (bicyclic) bond motifs is 1. The lowest BCUT2D eigenvalue weighted by Crippen LogP contribution is -2.15. The second-order valence-corrected chi connectivity index (χ2v) is 7.20. The van der Waals surface area contributed by atoms with Gasteiger partial charge in [-0.3, -0.25) is 4.79 Å². The Bertz CT molecular complexity index is 1290. The summed E-state index contributed by atoms with van der Waals surface area (Å²) in [5.41, 5.74) is 0.809. The number of anilines is 1. The van der Waals surface area contributed by atoms with Crippen molar-refractivity contribution in [2.75, 3.05) is 5.32 Å². The molecule has 30 heavy (non-hydrogen) atoms. The van der Waals surface area contributed by atoms with Gasteiger partial charge in [0.25, 0.3) is 5.91 Å². The number of hydrogen-bond donors (Lipinski definition) is 1. The van der Waals surface area contributed by atoms with Crippen molar-refractivity contribution in [3.05, 3.63) is 98.7 Å². The van der Waals surface area contributed by atoms with Crippen LogP contribution < -0.4 is 10.9 Å². The van der Waals surface area contributed by atoms with E-state index in [-0.39, 0.29) is 23.6 Å². The Balaban J connectivity index is 1.55. The molecular weight excluding hydrogens is 454 g/mol. The topological polar surface area (TPSA) is 98.8 Å². The van der Waals surface area contributed by atoms with Crippen molar-refractivity contribution in [1.29, 1.82) is 0 Å². The Kier molecular flexibility index (Phi) is 5.49. The average molecular weight is 468 g/mol. The summed E-state index contributed by atoms with van der Waals surface area (Å²) in [5.74, 6) is -1.02. The highest BCUT2D eigenvalue weighted by Crippen LogP contribution is 2.23. The van der Waals surface area contributed by atoms with E-state index >= 15 is 0 Å². The van der Waals surface area contributed by atoms with Crippen LogP contribution in [0.4, 0.5) is 5.69 Å². The molecule has 0 aliphatic heterocycles. The molecule has 0 bridgehead atoms. The molecular formula is C22H14BrNO6. The van der Waals surface area contributed by atoms with Gasteiger partial charge in [-0.1, -0.05) is 28.1 Å². The maximum Gasteiger partial charge on any atom is 0.340 e. The van der Waals surface area contributed by atoms with Crippen molar-refractivity contribution >= 4 is 44.5 Å². The van der Waals surface area contributed by atoms with Crippen LogP contribution in [0.15, 0.2) is 85.0 Å². The molecule has 0 unspecified atom stereocenters. The van der Waals surface area contributed by atoms with Crippen LogP contribution in [0.1, 0.15) is 26.5 Å². The SMILES string of the molecule is O=C(Nc1ccccc1C(=O)OCc1cc(=O)oc2cc(Br)ccc12)c1ccco1. The lowest BCUT2D eigenvalue weighted by atomic mass is 10.1. The Morgan fingerprint density at radius 1 is 1.03 bits per heavy atom. The number of furan rings is 1. The van der Waals surface area contributed by atoms with Crippen molar-refractivity contribution in [3.8, 4) is 0 Å². The van der Waals surface area contributed by atoms with E-state index in [1.54, 1.807) is 42.5 Å². The van der Waals surface area contributed by atoms with Crippen LogP contribution in [-0.2, 0) is 11.3 Å². The van der Waals surface area contributed by atoms with E-state index in [0.29, 0.717) is 16.5 Å². The Labute approximate surface area is 178 Å². The monoisotopic (exact) mass is 467 g/mol. The molecule has 2 aromatic heterocycles. The van der Waals surface area contributed by atoms with Crippen LogP contribution in [0.3, 0.4) is 0 Å². The molecule has 1 amide bonds. The maximum atomic E-state index is 12.7. The minimum absolute atomic E-state index is 0.117. The van der Waals surface area contributed by atoms with Crippen molar-refractivity contribution in [3.63, 3.8) is 0 Å². The fourth-order valence-electron chi connectivity index (χ4n) is 2.91. The number of ether oxygens (including phenoxy) is 1. The first-order valence-electron chi connectivity index (χ1n) is 8.84. The van der Waals surface area contributed by atoms with E-state index in [0.717, 1.165) is 4.47 Å². The van der Waals surface area contributed by atoms with E-state index in [4.69, 9.17) is 13.6 Å². The van der Waals surface area contributed by atoms with Gasteiger partial charge in [-0.25, -0.2) is 9.59 Å². The molecule has 0 atom stereocenters. The second-order valence-electron chi connectivity index (χ2n) is 6.28. The molecule has 2 aromatic carbocycles. The maximum absolute atomic E-state index is 12.7. The van der Waals surface area contributed by atoms with Crippen LogP contribution in [0.2, 0.25) is 0 Å². The number of hydrogen-bond acceptors (Lipinski definition) is 6. The molecule has 0 saturated carbocycles. The quantitative estimate of drug-likeness (QED) is 0.335. The molecule has 0 fully saturated rings. The summed E-state index contributed by atoms with van der Waals surface area (Å²) in [7, 11) is 0. The Morgan fingerprint density at radius 3 is 2.67 bits per heavy atom. The van der Waals surface area contributed by atoms with Crippen molar-refractivity contribution in [1.82, 2.24) is 0 Å². The lowest BCUT2D eigenvalue weighted by molar-refractivity contribution is 0.0475. The third kappa shape index (κ3) is 4.18. The number of halogens is 1. The number of nitrogens with one attached hydrogen (secondary N) is 1. The number of rotatable bonds is 5. The van der Waals surface area contributed by atoms with Gasteiger partial charge in [0.2, 0.25) is 0 Å². The largest absolute Gasteiger partial charge is 0.459 e. The minimum Gasteiger partial charge on any atom is -0.459 e. The fraction of sp³-hybridized carbons (Fsp3) is 0.0455. The van der Waals surface area contributed by atoms with E-state index < -0.39 is 17.5 Å². The van der Waals surface area contributed by atoms with Crippen LogP contribution in [0.25, 0.3) is 11.0 Å². The average Bonchev–Trinajstić information content (AvgIpc) is 3.27. The summed E-state index contributed by atoms with van der Waals surface area (Å²) >= 11 is 3.33. The van der Waals surface area contributed by atoms with Gasteiger partial charge < -0.3 is 18.9 Å². The number of carbonyl (C=O) groups excluding carboxylic acids is 2. The molecule has 150 valence electrons. The predicted molar refractivity (Wildman–Crippen MR) is 112 cm³/mol. The van der Waals surface area contributed by atoms with Crippen LogP contribution in [0.5, 0.6) is 0 Å². The molecule has 0 saturated heterocycles. The first-order valence-corrected chi connectivity index (χ1v) is 9.64. The smallest absolute Gasteiger partial charge is 0.340 e. The molecule has 2 heterocycles. The Morgan fingerprint density at radius 2 is 1.87 bits per heavy atom. The highest BCUT2D eigenvalue weighted by molar-refractivity contribution is 9.10. The Hall–Kier alpha value is -3.65. The van der Waals surface area contributed by atoms with E-state index in [1.165, 1.54) is 24.5 Å². The molecule has 0 radical (unpaired) electrons. The normalized spacial score (nSPS) is 10.7. The van der Waals surface area contributed by atoms with E-state index in [1.807, 2.05) is 0 Å². The van der Waals surface area contributed by atoms with Crippen molar-refractivity contribution in [2.45, 2.75) is 6.61 Å². The number of esters is 1. The molecule has 0 aliphatic rings. The van der Waals surface area contributed by atoms with Gasteiger partial charge >= 0.3 is 11.6 Å². The van der Waals surface area contributed by atoms with Gasteiger partial charge in [0.15, 0.2) is 5.76 Å². The van der Waals surface area contributed by atoms with Crippen molar-refractivity contribution < 1.29 is 23.2 Å². The molecule has 0 aliphatic carbocycles.